The molecule has 1 aromatic carbocycles. The van der Waals surface area contributed by atoms with Crippen molar-refractivity contribution >= 4 is 17.7 Å². The summed E-state index contributed by atoms with van der Waals surface area (Å²) >= 11 is 1.82. The van der Waals surface area contributed by atoms with Crippen LogP contribution in [-0.4, -0.2) is 36.2 Å². The predicted molar refractivity (Wildman–Crippen MR) is 85.1 cm³/mol. The van der Waals surface area contributed by atoms with Gasteiger partial charge >= 0.3 is 0 Å². The molecule has 4 heteroatoms. The number of rotatable bonds is 6. The second-order valence-electron chi connectivity index (χ2n) is 4.45. The first-order valence-electron chi connectivity index (χ1n) is 6.66. The highest BCUT2D eigenvalue weighted by Crippen LogP contribution is 2.10. The summed E-state index contributed by atoms with van der Waals surface area (Å²) in [4.78, 5) is 12.1. The molecular weight excluding hydrogens is 270 g/mol. The number of carbonyl (C=O) groups is 1. The number of amides is 1. The lowest BCUT2D eigenvalue weighted by molar-refractivity contribution is 0.0952. The van der Waals surface area contributed by atoms with Crippen LogP contribution in [0.4, 0.5) is 0 Å². The normalized spacial score (nSPS) is 9.75. The van der Waals surface area contributed by atoms with Crippen molar-refractivity contribution < 1.29 is 9.90 Å². The Balaban J connectivity index is 2.62. The average Bonchev–Trinajstić information content (AvgIpc) is 2.46. The van der Waals surface area contributed by atoms with Crippen molar-refractivity contribution in [3.63, 3.8) is 0 Å². The van der Waals surface area contributed by atoms with Gasteiger partial charge in [0.15, 0.2) is 0 Å². The maximum atomic E-state index is 12.1. The van der Waals surface area contributed by atoms with Crippen molar-refractivity contribution in [1.82, 2.24) is 5.32 Å². The fourth-order valence-electron chi connectivity index (χ4n) is 1.75. The molecule has 3 nitrogen and oxygen atoms in total. The summed E-state index contributed by atoms with van der Waals surface area (Å²) in [6.07, 6.45) is 4.19. The molecule has 1 aromatic rings. The predicted octanol–water partition coefficient (Wildman–Crippen LogP) is 2.21. The molecule has 1 amide bonds. The number of aliphatic hydroxyl groups excluding tert-OH is 1. The van der Waals surface area contributed by atoms with Crippen LogP contribution in [-0.2, 0) is 0 Å². The van der Waals surface area contributed by atoms with Gasteiger partial charge in [0.1, 0.15) is 6.61 Å². The molecule has 0 saturated carbocycles. The summed E-state index contributed by atoms with van der Waals surface area (Å²) in [6.45, 7) is 2.43. The van der Waals surface area contributed by atoms with Crippen LogP contribution in [0.5, 0.6) is 0 Å². The zero-order chi connectivity index (χ0) is 14.8. The van der Waals surface area contributed by atoms with Crippen molar-refractivity contribution in [1.29, 1.82) is 0 Å². The van der Waals surface area contributed by atoms with Crippen LogP contribution in [0.2, 0.25) is 0 Å². The highest BCUT2D eigenvalue weighted by atomic mass is 32.2. The minimum Gasteiger partial charge on any atom is -0.384 e. The number of unbranched alkanes of at least 4 members (excludes halogenated alkanes) is 1. The second-order valence-corrected chi connectivity index (χ2v) is 5.43. The number of hydrogen-bond acceptors (Lipinski definition) is 3. The maximum absolute atomic E-state index is 12.1. The SMILES string of the molecule is CSCCCCNC(=O)c1cc(C#CCO)ccc1C. The Bertz CT molecular complexity index is 503. The van der Waals surface area contributed by atoms with Crippen molar-refractivity contribution in [2.75, 3.05) is 25.2 Å². The molecular formula is C16H21NO2S. The quantitative estimate of drug-likeness (QED) is 0.624. The van der Waals surface area contributed by atoms with Gasteiger partial charge in [0.25, 0.3) is 5.91 Å². The Morgan fingerprint density at radius 3 is 2.90 bits per heavy atom. The lowest BCUT2D eigenvalue weighted by Crippen LogP contribution is -2.25. The number of hydrogen-bond donors (Lipinski definition) is 2. The Kier molecular flexibility index (Phi) is 7.86. The van der Waals surface area contributed by atoms with E-state index < -0.39 is 0 Å². The molecule has 0 aliphatic rings. The Morgan fingerprint density at radius 2 is 2.20 bits per heavy atom. The first kappa shape index (κ1) is 16.6. The van der Waals surface area contributed by atoms with Crippen molar-refractivity contribution in [3.05, 3.63) is 34.9 Å². The number of aliphatic hydroxyl groups is 1. The van der Waals surface area contributed by atoms with E-state index in [1.54, 1.807) is 6.07 Å². The number of aryl methyl sites for hydroxylation is 1. The number of nitrogens with one attached hydrogen (secondary N) is 1. The number of benzene rings is 1. The summed E-state index contributed by atoms with van der Waals surface area (Å²) in [5.41, 5.74) is 2.33. The fraction of sp³-hybridized carbons (Fsp3) is 0.438. The molecule has 0 unspecified atom stereocenters. The van der Waals surface area contributed by atoms with Gasteiger partial charge < -0.3 is 10.4 Å². The lowest BCUT2D eigenvalue weighted by Gasteiger charge is -2.08. The third kappa shape index (κ3) is 5.68. The molecule has 108 valence electrons. The third-order valence-corrected chi connectivity index (χ3v) is 3.55. The molecule has 0 aromatic heterocycles. The topological polar surface area (TPSA) is 49.3 Å². The highest BCUT2D eigenvalue weighted by molar-refractivity contribution is 7.98. The molecule has 0 aliphatic heterocycles. The molecule has 0 heterocycles. The Morgan fingerprint density at radius 1 is 1.40 bits per heavy atom. The van der Waals surface area contributed by atoms with Gasteiger partial charge in [-0.1, -0.05) is 17.9 Å². The standard InChI is InChI=1S/C16H21NO2S/c1-13-7-8-14(6-5-10-18)12-15(13)16(19)17-9-3-4-11-20-2/h7-8,12,18H,3-4,9-11H2,1-2H3,(H,17,19). The van der Waals surface area contributed by atoms with E-state index in [0.29, 0.717) is 12.1 Å². The van der Waals surface area contributed by atoms with E-state index in [9.17, 15) is 4.79 Å². The largest absolute Gasteiger partial charge is 0.384 e. The van der Waals surface area contributed by atoms with E-state index in [1.807, 2.05) is 30.8 Å². The monoisotopic (exact) mass is 291 g/mol. The fourth-order valence-corrected chi connectivity index (χ4v) is 2.25. The van der Waals surface area contributed by atoms with E-state index in [4.69, 9.17) is 5.11 Å². The van der Waals surface area contributed by atoms with E-state index in [0.717, 1.165) is 29.7 Å². The van der Waals surface area contributed by atoms with Gasteiger partial charge in [0, 0.05) is 17.7 Å². The van der Waals surface area contributed by atoms with E-state index in [1.165, 1.54) is 0 Å². The minimum absolute atomic E-state index is 0.0562. The summed E-state index contributed by atoms with van der Waals surface area (Å²) in [6, 6.07) is 5.51. The smallest absolute Gasteiger partial charge is 0.251 e. The van der Waals surface area contributed by atoms with Crippen molar-refractivity contribution in [2.24, 2.45) is 0 Å². The summed E-state index contributed by atoms with van der Waals surface area (Å²) in [7, 11) is 0. The van der Waals surface area contributed by atoms with Crippen LogP contribution in [0, 0.1) is 18.8 Å². The van der Waals surface area contributed by atoms with Gasteiger partial charge in [-0.2, -0.15) is 11.8 Å². The van der Waals surface area contributed by atoms with E-state index in [-0.39, 0.29) is 12.5 Å². The van der Waals surface area contributed by atoms with E-state index in [2.05, 4.69) is 23.4 Å². The van der Waals surface area contributed by atoms with Crippen LogP contribution in [0.15, 0.2) is 18.2 Å². The van der Waals surface area contributed by atoms with Gasteiger partial charge in [-0.15, -0.1) is 0 Å². The average molecular weight is 291 g/mol. The number of thioether (sulfide) groups is 1. The molecule has 0 bridgehead atoms. The third-order valence-electron chi connectivity index (χ3n) is 2.85. The summed E-state index contributed by atoms with van der Waals surface area (Å²) in [5, 5.41) is 11.6. The molecule has 20 heavy (non-hydrogen) atoms. The molecule has 0 fully saturated rings. The molecule has 0 spiro atoms. The zero-order valence-corrected chi connectivity index (χ0v) is 12.8. The molecule has 2 N–H and O–H groups in total. The number of carbonyl (C=O) groups excluding carboxylic acids is 1. The van der Waals surface area contributed by atoms with Crippen LogP contribution in [0.1, 0.15) is 34.3 Å². The summed E-state index contributed by atoms with van der Waals surface area (Å²) < 4.78 is 0. The first-order chi connectivity index (χ1) is 9.69. The molecule has 1 rings (SSSR count). The van der Waals surface area contributed by atoms with Gasteiger partial charge in [-0.3, -0.25) is 4.79 Å². The minimum atomic E-state index is -0.176. The van der Waals surface area contributed by atoms with Gasteiger partial charge in [0.2, 0.25) is 0 Å². The Labute approximate surface area is 125 Å². The van der Waals surface area contributed by atoms with Crippen LogP contribution in [0.25, 0.3) is 0 Å². The van der Waals surface area contributed by atoms with Crippen LogP contribution in [0.3, 0.4) is 0 Å². The molecule has 0 radical (unpaired) electrons. The highest BCUT2D eigenvalue weighted by Gasteiger charge is 2.08. The first-order valence-corrected chi connectivity index (χ1v) is 8.06. The van der Waals surface area contributed by atoms with E-state index >= 15 is 0 Å². The second kappa shape index (κ2) is 9.46. The zero-order valence-electron chi connectivity index (χ0n) is 12.0. The molecule has 0 atom stereocenters. The maximum Gasteiger partial charge on any atom is 0.251 e. The molecule has 0 aliphatic carbocycles. The van der Waals surface area contributed by atoms with Crippen LogP contribution < -0.4 is 5.32 Å². The van der Waals surface area contributed by atoms with Gasteiger partial charge in [-0.25, -0.2) is 0 Å². The van der Waals surface area contributed by atoms with Crippen molar-refractivity contribution in [3.8, 4) is 11.8 Å². The molecule has 0 saturated heterocycles. The summed E-state index contributed by atoms with van der Waals surface area (Å²) in [5.74, 6) is 6.48. The van der Waals surface area contributed by atoms with Crippen LogP contribution >= 0.6 is 11.8 Å². The lowest BCUT2D eigenvalue weighted by atomic mass is 10.0. The van der Waals surface area contributed by atoms with Crippen molar-refractivity contribution in [2.45, 2.75) is 19.8 Å². The van der Waals surface area contributed by atoms with Gasteiger partial charge in [0.05, 0.1) is 0 Å². The van der Waals surface area contributed by atoms with Gasteiger partial charge in [-0.05, 0) is 49.5 Å². The Hall–Kier alpha value is -1.44.